The van der Waals surface area contributed by atoms with Gasteiger partial charge < -0.3 is 11.1 Å². The van der Waals surface area contributed by atoms with Crippen LogP contribution in [0.2, 0.25) is 0 Å². The summed E-state index contributed by atoms with van der Waals surface area (Å²) in [4.78, 5) is 9.84. The van der Waals surface area contributed by atoms with E-state index in [9.17, 15) is 18.0 Å². The molecule has 0 aliphatic rings. The Morgan fingerprint density at radius 3 is 1.74 bits per heavy atom. The van der Waals surface area contributed by atoms with E-state index in [-0.39, 0.29) is 6.54 Å². The van der Waals surface area contributed by atoms with Gasteiger partial charge in [0.2, 0.25) is 0 Å². The van der Waals surface area contributed by atoms with Gasteiger partial charge in [-0.2, -0.15) is 32.1 Å². The summed E-state index contributed by atoms with van der Waals surface area (Å²) >= 11 is 0. The average Bonchev–Trinajstić information content (AvgIpc) is 2.22. The molecule has 0 atom stereocenters. The predicted molar refractivity (Wildman–Crippen MR) is 53.5 cm³/mol. The summed E-state index contributed by atoms with van der Waals surface area (Å²) in [6.07, 6.45) is -4.89. The predicted octanol–water partition coefficient (Wildman–Crippen LogP) is -0.996. The van der Waals surface area contributed by atoms with Gasteiger partial charge in [0.1, 0.15) is 6.54 Å². The fourth-order valence-electron chi connectivity index (χ4n) is 0.220. The fourth-order valence-corrected chi connectivity index (χ4v) is 0.220. The molecule has 110 valence electrons. The van der Waals surface area contributed by atoms with Crippen LogP contribution in [0.25, 0.3) is 0 Å². The number of alkyl halides is 3. The van der Waals surface area contributed by atoms with E-state index in [4.69, 9.17) is 28.0 Å². The topological polar surface area (TPSA) is 177 Å². The molecular formula is C6H9F3N4O5S. The third kappa shape index (κ3) is 38.7. The second kappa shape index (κ2) is 11.2. The number of halogens is 3. The Morgan fingerprint density at radius 1 is 1.26 bits per heavy atom. The minimum atomic E-state index is -4.89. The Bertz CT molecular complexity index is 427. The molecule has 0 aromatic heterocycles. The molecule has 19 heavy (non-hydrogen) atoms. The van der Waals surface area contributed by atoms with Gasteiger partial charge in [0.05, 0.1) is 18.7 Å². The standard InChI is InChI=1S/C4H3F3N2O.C2H4N2.H2O4S/c5-4(6,7)3(10)9-2-1-8;3-1-2-4;1-5(2,3)4/h2H2,(H,9,10);1,3H2;(H2,1,2,3,4). The van der Waals surface area contributed by atoms with Gasteiger partial charge in [-0.05, 0) is 0 Å². The van der Waals surface area contributed by atoms with Crippen LogP contribution in [0.3, 0.4) is 0 Å². The van der Waals surface area contributed by atoms with Gasteiger partial charge in [-0.1, -0.05) is 0 Å². The number of nitriles is 2. The van der Waals surface area contributed by atoms with Gasteiger partial charge in [-0.3, -0.25) is 13.9 Å². The molecule has 0 aliphatic heterocycles. The number of carbonyl (C=O) groups is 1. The van der Waals surface area contributed by atoms with E-state index in [2.05, 4.69) is 5.73 Å². The normalized spacial score (nSPS) is 9.47. The molecule has 0 bridgehead atoms. The summed E-state index contributed by atoms with van der Waals surface area (Å²) in [5, 5.41) is 16.6. The molecule has 0 saturated carbocycles. The quantitative estimate of drug-likeness (QED) is 0.352. The van der Waals surface area contributed by atoms with Crippen LogP contribution in [-0.2, 0) is 15.2 Å². The van der Waals surface area contributed by atoms with Crippen LogP contribution < -0.4 is 11.1 Å². The molecular weight excluding hydrogens is 297 g/mol. The Balaban J connectivity index is -0.000000238. The summed E-state index contributed by atoms with van der Waals surface area (Å²) < 4.78 is 65.3. The van der Waals surface area contributed by atoms with Crippen LogP contribution in [0.4, 0.5) is 13.2 Å². The van der Waals surface area contributed by atoms with Crippen molar-refractivity contribution in [2.75, 3.05) is 13.1 Å². The summed E-state index contributed by atoms with van der Waals surface area (Å²) in [7, 11) is -4.67. The second-order valence-corrected chi connectivity index (χ2v) is 3.04. The van der Waals surface area contributed by atoms with Gasteiger partial charge in [-0.15, -0.1) is 0 Å². The van der Waals surface area contributed by atoms with Crippen LogP contribution >= 0.6 is 0 Å². The molecule has 9 nitrogen and oxygen atoms in total. The third-order valence-electron chi connectivity index (χ3n) is 0.677. The maximum Gasteiger partial charge on any atom is 0.471 e. The minimum Gasteiger partial charge on any atom is -0.335 e. The number of nitrogens with two attached hydrogens (primary N) is 1. The molecule has 0 heterocycles. The third-order valence-corrected chi connectivity index (χ3v) is 0.677. The second-order valence-electron chi connectivity index (χ2n) is 2.15. The molecule has 13 heteroatoms. The number of hydrogen-bond donors (Lipinski definition) is 4. The van der Waals surface area contributed by atoms with Crippen LogP contribution in [0.5, 0.6) is 0 Å². The zero-order valence-electron chi connectivity index (χ0n) is 9.05. The maximum atomic E-state index is 11.3. The van der Waals surface area contributed by atoms with Gasteiger partial charge in [0.15, 0.2) is 0 Å². The number of hydrogen-bond acceptors (Lipinski definition) is 6. The average molecular weight is 306 g/mol. The summed E-state index contributed by atoms with van der Waals surface area (Å²) in [5.41, 5.74) is 4.67. The maximum absolute atomic E-state index is 11.3. The smallest absolute Gasteiger partial charge is 0.335 e. The lowest BCUT2D eigenvalue weighted by Crippen LogP contribution is -2.36. The summed E-state index contributed by atoms with van der Waals surface area (Å²) in [5.74, 6) is -2.09. The Hall–Kier alpha value is -1.93. The van der Waals surface area contributed by atoms with Gasteiger partial charge >= 0.3 is 22.5 Å². The highest BCUT2D eigenvalue weighted by Crippen LogP contribution is 2.13. The van der Waals surface area contributed by atoms with Crippen LogP contribution in [-0.4, -0.2) is 42.7 Å². The molecule has 0 unspecified atom stereocenters. The van der Waals surface area contributed by atoms with Gasteiger partial charge in [0.25, 0.3) is 0 Å². The zero-order valence-corrected chi connectivity index (χ0v) is 9.86. The van der Waals surface area contributed by atoms with Crippen molar-refractivity contribution in [2.45, 2.75) is 6.18 Å². The van der Waals surface area contributed by atoms with Crippen molar-refractivity contribution < 1.29 is 35.5 Å². The molecule has 0 spiro atoms. The molecule has 0 saturated heterocycles. The summed E-state index contributed by atoms with van der Waals surface area (Å²) in [6.45, 7) is -0.502. The van der Waals surface area contributed by atoms with E-state index < -0.39 is 29.0 Å². The first-order chi connectivity index (χ1) is 8.40. The van der Waals surface area contributed by atoms with E-state index in [1.165, 1.54) is 11.4 Å². The number of rotatable bonds is 1. The largest absolute Gasteiger partial charge is 0.471 e. The van der Waals surface area contributed by atoms with E-state index in [0.717, 1.165) is 0 Å². The SMILES string of the molecule is N#CCN.N#CCNC(=O)C(F)(F)F.O=S(=O)(O)O. The van der Waals surface area contributed by atoms with E-state index in [1.807, 2.05) is 0 Å². The number of nitrogens with one attached hydrogen (secondary N) is 1. The highest BCUT2D eigenvalue weighted by molar-refractivity contribution is 7.79. The van der Waals surface area contributed by atoms with E-state index >= 15 is 0 Å². The van der Waals surface area contributed by atoms with Gasteiger partial charge in [-0.25, -0.2) is 0 Å². The van der Waals surface area contributed by atoms with Crippen molar-refractivity contribution in [1.29, 1.82) is 10.5 Å². The highest BCUT2D eigenvalue weighted by atomic mass is 32.3. The molecule has 5 N–H and O–H groups in total. The van der Waals surface area contributed by atoms with Crippen molar-refractivity contribution in [3.05, 3.63) is 0 Å². The molecule has 0 aromatic rings. The monoisotopic (exact) mass is 306 g/mol. The van der Waals surface area contributed by atoms with Crippen molar-refractivity contribution in [1.82, 2.24) is 5.32 Å². The van der Waals surface area contributed by atoms with Crippen molar-refractivity contribution >= 4 is 16.3 Å². The van der Waals surface area contributed by atoms with Crippen LogP contribution in [0.15, 0.2) is 0 Å². The molecule has 0 fully saturated rings. The lowest BCUT2D eigenvalue weighted by atomic mass is 10.5. The number of carbonyl (C=O) groups excluding carboxylic acids is 1. The highest BCUT2D eigenvalue weighted by Gasteiger charge is 2.38. The van der Waals surface area contributed by atoms with Crippen molar-refractivity contribution in [3.8, 4) is 12.1 Å². The Kier molecular flexibility index (Phi) is 13.1. The molecule has 1 amide bonds. The zero-order chi connectivity index (χ0) is 16.1. The van der Waals surface area contributed by atoms with Crippen LogP contribution in [0.1, 0.15) is 0 Å². The lowest BCUT2D eigenvalue weighted by molar-refractivity contribution is -0.173. The molecule has 0 aromatic carbocycles. The summed E-state index contributed by atoms with van der Waals surface area (Å²) in [6, 6.07) is 3.05. The molecule has 0 radical (unpaired) electrons. The Labute approximate surface area is 106 Å². The first-order valence-corrected chi connectivity index (χ1v) is 5.28. The lowest BCUT2D eigenvalue weighted by Gasteiger charge is -2.02. The number of nitrogens with zero attached hydrogens (tertiary/aromatic N) is 2. The molecule has 0 aliphatic carbocycles. The van der Waals surface area contributed by atoms with E-state index in [1.54, 1.807) is 6.07 Å². The Morgan fingerprint density at radius 2 is 1.58 bits per heavy atom. The minimum absolute atomic E-state index is 0.125. The van der Waals surface area contributed by atoms with Crippen molar-refractivity contribution in [2.24, 2.45) is 5.73 Å². The van der Waals surface area contributed by atoms with Crippen molar-refractivity contribution in [3.63, 3.8) is 0 Å². The molecule has 0 rings (SSSR count). The number of amides is 1. The fraction of sp³-hybridized carbons (Fsp3) is 0.500. The van der Waals surface area contributed by atoms with E-state index in [0.29, 0.717) is 0 Å². The first-order valence-electron chi connectivity index (χ1n) is 3.89. The van der Waals surface area contributed by atoms with Gasteiger partial charge in [0, 0.05) is 0 Å². The van der Waals surface area contributed by atoms with Crippen LogP contribution in [0, 0.1) is 22.7 Å². The first kappa shape index (κ1) is 22.3.